The number of carbonyl (C=O) groups excluding carboxylic acids is 1. The molecule has 2 aromatic carbocycles. The Kier molecular flexibility index (Phi) is 3.86. The van der Waals surface area contributed by atoms with Crippen LogP contribution in [0.2, 0.25) is 0 Å². The van der Waals surface area contributed by atoms with Gasteiger partial charge in [0.15, 0.2) is 0 Å². The van der Waals surface area contributed by atoms with E-state index in [0.717, 1.165) is 39.0 Å². The van der Waals surface area contributed by atoms with Crippen molar-refractivity contribution in [2.75, 3.05) is 26.2 Å². The lowest BCUT2D eigenvalue weighted by atomic mass is 9.69. The van der Waals surface area contributed by atoms with E-state index in [4.69, 9.17) is 0 Å². The predicted octanol–water partition coefficient (Wildman–Crippen LogP) is 3.06. The van der Waals surface area contributed by atoms with Gasteiger partial charge in [-0.2, -0.15) is 0 Å². The second kappa shape index (κ2) is 6.24. The molecule has 5 rings (SSSR count). The van der Waals surface area contributed by atoms with Crippen molar-refractivity contribution in [3.05, 3.63) is 71.8 Å². The van der Waals surface area contributed by atoms with Crippen LogP contribution in [0.15, 0.2) is 60.7 Å². The third kappa shape index (κ3) is 2.49. The first-order valence-corrected chi connectivity index (χ1v) is 9.90. The highest BCUT2D eigenvalue weighted by Crippen LogP contribution is 2.50. The van der Waals surface area contributed by atoms with Gasteiger partial charge in [0.1, 0.15) is 0 Å². The summed E-state index contributed by atoms with van der Waals surface area (Å²) in [6.07, 6.45) is 2.17. The SMILES string of the molecule is O=C(C1[C@H]2CNC[C@@H]12)N1CCCC(c2ccccc2)(c2ccccc2)C1. The Balaban J connectivity index is 1.48. The Hall–Kier alpha value is -2.13. The number of nitrogens with one attached hydrogen (secondary N) is 1. The lowest BCUT2D eigenvalue weighted by Crippen LogP contribution is -2.50. The third-order valence-corrected chi connectivity index (χ3v) is 6.83. The third-order valence-electron chi connectivity index (χ3n) is 6.83. The molecule has 0 aromatic heterocycles. The molecule has 1 saturated carbocycles. The zero-order valence-electron chi connectivity index (χ0n) is 15.1. The molecule has 0 spiro atoms. The van der Waals surface area contributed by atoms with Gasteiger partial charge < -0.3 is 10.2 Å². The highest BCUT2D eigenvalue weighted by Gasteiger charge is 2.58. The molecule has 0 bridgehead atoms. The first-order chi connectivity index (χ1) is 12.8. The molecule has 0 radical (unpaired) electrons. The summed E-state index contributed by atoms with van der Waals surface area (Å²) in [7, 11) is 0. The maximum absolute atomic E-state index is 13.2. The summed E-state index contributed by atoms with van der Waals surface area (Å²) in [5.41, 5.74) is 2.58. The van der Waals surface area contributed by atoms with Gasteiger partial charge in [-0.25, -0.2) is 0 Å². The van der Waals surface area contributed by atoms with E-state index in [9.17, 15) is 4.79 Å². The molecule has 3 aliphatic rings. The van der Waals surface area contributed by atoms with Crippen molar-refractivity contribution in [3.8, 4) is 0 Å². The number of fused-ring (bicyclic) bond motifs is 1. The number of hydrogen-bond acceptors (Lipinski definition) is 2. The quantitative estimate of drug-likeness (QED) is 0.926. The van der Waals surface area contributed by atoms with Gasteiger partial charge in [-0.3, -0.25) is 4.79 Å². The van der Waals surface area contributed by atoms with E-state index in [1.807, 2.05) is 0 Å². The first kappa shape index (κ1) is 16.1. The Morgan fingerprint density at radius 3 is 2.08 bits per heavy atom. The van der Waals surface area contributed by atoms with Crippen LogP contribution >= 0.6 is 0 Å². The lowest BCUT2D eigenvalue weighted by molar-refractivity contribution is -0.135. The van der Waals surface area contributed by atoms with E-state index in [-0.39, 0.29) is 11.3 Å². The molecule has 2 aromatic rings. The predicted molar refractivity (Wildman–Crippen MR) is 103 cm³/mol. The number of likely N-dealkylation sites (tertiary alicyclic amines) is 1. The fraction of sp³-hybridized carbons (Fsp3) is 0.435. The number of piperidine rings is 2. The molecule has 2 saturated heterocycles. The number of nitrogens with zero attached hydrogens (tertiary/aromatic N) is 1. The Morgan fingerprint density at radius 1 is 0.923 bits per heavy atom. The van der Waals surface area contributed by atoms with Gasteiger partial charge in [0, 0.05) is 24.4 Å². The molecule has 3 fully saturated rings. The highest BCUT2D eigenvalue weighted by molar-refractivity contribution is 5.83. The zero-order valence-corrected chi connectivity index (χ0v) is 15.1. The number of benzene rings is 2. The highest BCUT2D eigenvalue weighted by atomic mass is 16.2. The summed E-state index contributed by atoms with van der Waals surface area (Å²) in [5.74, 6) is 1.86. The first-order valence-electron chi connectivity index (χ1n) is 9.90. The average Bonchev–Trinajstić information content (AvgIpc) is 3.19. The molecule has 1 unspecified atom stereocenters. The molecular weight excluding hydrogens is 320 g/mol. The summed E-state index contributed by atoms with van der Waals surface area (Å²) in [4.78, 5) is 15.4. The molecule has 26 heavy (non-hydrogen) atoms. The summed E-state index contributed by atoms with van der Waals surface area (Å²) < 4.78 is 0. The Labute approximate surface area is 155 Å². The number of hydrogen-bond donors (Lipinski definition) is 1. The average molecular weight is 346 g/mol. The van der Waals surface area contributed by atoms with E-state index in [2.05, 4.69) is 70.9 Å². The normalized spacial score (nSPS) is 29.2. The molecule has 2 heterocycles. The van der Waals surface area contributed by atoms with Crippen molar-refractivity contribution in [3.63, 3.8) is 0 Å². The summed E-state index contributed by atoms with van der Waals surface area (Å²) in [6.45, 7) is 3.77. The molecular formula is C23H26N2O. The fourth-order valence-corrected chi connectivity index (χ4v) is 5.39. The van der Waals surface area contributed by atoms with Gasteiger partial charge >= 0.3 is 0 Å². The van der Waals surface area contributed by atoms with Crippen LogP contribution in [0.25, 0.3) is 0 Å². The van der Waals surface area contributed by atoms with Gasteiger partial charge in [-0.1, -0.05) is 60.7 Å². The maximum atomic E-state index is 13.2. The van der Waals surface area contributed by atoms with E-state index < -0.39 is 0 Å². The minimum Gasteiger partial charge on any atom is -0.341 e. The van der Waals surface area contributed by atoms with Crippen LogP contribution in [0.5, 0.6) is 0 Å². The van der Waals surface area contributed by atoms with E-state index in [1.54, 1.807) is 0 Å². The van der Waals surface area contributed by atoms with Gasteiger partial charge in [-0.05, 0) is 48.9 Å². The molecule has 3 heteroatoms. The van der Waals surface area contributed by atoms with Gasteiger partial charge in [0.25, 0.3) is 0 Å². The van der Waals surface area contributed by atoms with Crippen LogP contribution in [0.1, 0.15) is 24.0 Å². The minimum atomic E-state index is -0.0846. The van der Waals surface area contributed by atoms with Crippen LogP contribution in [-0.2, 0) is 10.2 Å². The van der Waals surface area contributed by atoms with Crippen LogP contribution in [0.3, 0.4) is 0 Å². The molecule has 3 nitrogen and oxygen atoms in total. The zero-order chi connectivity index (χ0) is 17.6. The van der Waals surface area contributed by atoms with E-state index in [0.29, 0.717) is 17.7 Å². The van der Waals surface area contributed by atoms with Crippen molar-refractivity contribution < 1.29 is 4.79 Å². The largest absolute Gasteiger partial charge is 0.341 e. The standard InChI is InChI=1S/C23H26N2O/c26-22(21-19-14-24-15-20(19)21)25-13-7-12-23(16-25,17-8-3-1-4-9-17)18-10-5-2-6-11-18/h1-6,8-11,19-21,24H,7,12-16H2/t19-,20+,21?. The van der Waals surface area contributed by atoms with Gasteiger partial charge in [0.2, 0.25) is 5.91 Å². The minimum absolute atomic E-state index is 0.0846. The summed E-state index contributed by atoms with van der Waals surface area (Å²) >= 11 is 0. The van der Waals surface area contributed by atoms with Crippen LogP contribution in [-0.4, -0.2) is 37.0 Å². The van der Waals surface area contributed by atoms with Gasteiger partial charge in [-0.15, -0.1) is 0 Å². The molecule has 1 N–H and O–H groups in total. The fourth-order valence-electron chi connectivity index (χ4n) is 5.39. The maximum Gasteiger partial charge on any atom is 0.226 e. The summed E-state index contributed by atoms with van der Waals surface area (Å²) in [5, 5.41) is 3.41. The monoisotopic (exact) mass is 346 g/mol. The van der Waals surface area contributed by atoms with Crippen molar-refractivity contribution in [2.24, 2.45) is 17.8 Å². The van der Waals surface area contributed by atoms with E-state index >= 15 is 0 Å². The van der Waals surface area contributed by atoms with Crippen molar-refractivity contribution in [1.29, 1.82) is 0 Å². The van der Waals surface area contributed by atoms with Crippen molar-refractivity contribution in [2.45, 2.75) is 18.3 Å². The van der Waals surface area contributed by atoms with Crippen molar-refractivity contribution >= 4 is 5.91 Å². The van der Waals surface area contributed by atoms with Crippen LogP contribution in [0.4, 0.5) is 0 Å². The van der Waals surface area contributed by atoms with Gasteiger partial charge in [0.05, 0.1) is 0 Å². The second-order valence-electron chi connectivity index (χ2n) is 8.19. The van der Waals surface area contributed by atoms with Crippen molar-refractivity contribution in [1.82, 2.24) is 10.2 Å². The van der Waals surface area contributed by atoms with Crippen LogP contribution < -0.4 is 5.32 Å². The summed E-state index contributed by atoms with van der Waals surface area (Å²) in [6, 6.07) is 21.6. The Bertz CT molecular complexity index is 739. The number of rotatable bonds is 3. The van der Waals surface area contributed by atoms with E-state index in [1.165, 1.54) is 11.1 Å². The molecule has 2 aliphatic heterocycles. The molecule has 134 valence electrons. The molecule has 1 amide bonds. The number of carbonyl (C=O) groups is 1. The molecule has 3 atom stereocenters. The second-order valence-corrected chi connectivity index (χ2v) is 8.19. The van der Waals surface area contributed by atoms with Crippen LogP contribution in [0, 0.1) is 17.8 Å². The lowest BCUT2D eigenvalue weighted by Gasteiger charge is -2.44. The topological polar surface area (TPSA) is 32.3 Å². The smallest absolute Gasteiger partial charge is 0.226 e. The molecule has 1 aliphatic carbocycles. The number of amides is 1. The Morgan fingerprint density at radius 2 is 1.50 bits per heavy atom.